The Bertz CT molecular complexity index is 1100. The van der Waals surface area contributed by atoms with Crippen molar-refractivity contribution < 1.29 is 14.0 Å². The minimum absolute atomic E-state index is 0.0589. The Morgan fingerprint density at radius 2 is 1.76 bits per heavy atom. The van der Waals surface area contributed by atoms with Gasteiger partial charge in [0, 0.05) is 51.3 Å². The lowest BCUT2D eigenvalue weighted by atomic mass is 10.0. The molecule has 2 amide bonds. The van der Waals surface area contributed by atoms with Gasteiger partial charge < -0.3 is 19.6 Å². The van der Waals surface area contributed by atoms with Crippen LogP contribution in [0.3, 0.4) is 0 Å². The Kier molecular flexibility index (Phi) is 5.87. The Hall–Kier alpha value is -3.23. The number of rotatable bonds is 4. The topological polar surface area (TPSA) is 72.9 Å². The van der Waals surface area contributed by atoms with Crippen molar-refractivity contribution in [1.29, 1.82) is 0 Å². The van der Waals surface area contributed by atoms with Gasteiger partial charge in [-0.1, -0.05) is 12.1 Å². The van der Waals surface area contributed by atoms with Crippen molar-refractivity contribution in [2.24, 2.45) is 0 Å². The summed E-state index contributed by atoms with van der Waals surface area (Å²) in [7, 11) is 0. The lowest BCUT2D eigenvalue weighted by Gasteiger charge is -2.35. The second kappa shape index (κ2) is 8.85. The molecule has 0 N–H and O–H groups in total. The predicted molar refractivity (Wildman–Crippen MR) is 127 cm³/mol. The third-order valence-corrected chi connectivity index (χ3v) is 7.18. The summed E-state index contributed by atoms with van der Waals surface area (Å²) in [4.78, 5) is 42.8. The number of carbonyl (C=O) groups is 2. The van der Waals surface area contributed by atoms with Crippen molar-refractivity contribution in [3.8, 4) is 0 Å². The fourth-order valence-corrected chi connectivity index (χ4v) is 5.23. The molecule has 1 atom stereocenters. The average molecular weight is 467 g/mol. The molecule has 1 unspecified atom stereocenters. The summed E-state index contributed by atoms with van der Waals surface area (Å²) in [5, 5.41) is 0. The number of hydrogen-bond acceptors (Lipinski definition) is 6. The number of hydrogen-bond donors (Lipinski definition) is 0. The van der Waals surface area contributed by atoms with Crippen LogP contribution in [0.2, 0.25) is 0 Å². The van der Waals surface area contributed by atoms with Gasteiger partial charge in [0.25, 0.3) is 5.91 Å². The molecule has 1 aromatic heterocycles. The Morgan fingerprint density at radius 1 is 1.06 bits per heavy atom. The van der Waals surface area contributed by atoms with E-state index in [1.54, 1.807) is 6.92 Å². The van der Waals surface area contributed by atoms with E-state index in [2.05, 4.69) is 9.80 Å². The molecule has 1 aromatic carbocycles. The smallest absolute Gasteiger partial charge is 0.273 e. The highest BCUT2D eigenvalue weighted by Gasteiger charge is 2.39. The molecule has 2 aromatic rings. The number of nitrogens with zero attached hydrogens (tertiary/aromatic N) is 6. The van der Waals surface area contributed by atoms with Crippen molar-refractivity contribution in [3.05, 3.63) is 46.9 Å². The van der Waals surface area contributed by atoms with E-state index < -0.39 is 0 Å². The second-order valence-electron chi connectivity index (χ2n) is 9.60. The third-order valence-electron chi connectivity index (χ3n) is 7.18. The molecule has 3 aliphatic rings. The van der Waals surface area contributed by atoms with Crippen LogP contribution in [0.25, 0.3) is 0 Å². The number of piperazine rings is 1. The first-order valence-corrected chi connectivity index (χ1v) is 12.1. The van der Waals surface area contributed by atoms with E-state index in [9.17, 15) is 14.0 Å². The van der Waals surface area contributed by atoms with E-state index in [1.165, 1.54) is 12.1 Å². The highest BCUT2D eigenvalue weighted by atomic mass is 19.1. The van der Waals surface area contributed by atoms with Gasteiger partial charge in [-0.05, 0) is 44.4 Å². The van der Waals surface area contributed by atoms with Crippen molar-refractivity contribution in [1.82, 2.24) is 19.8 Å². The highest BCUT2D eigenvalue weighted by Crippen LogP contribution is 2.40. The molecule has 2 fully saturated rings. The van der Waals surface area contributed by atoms with Gasteiger partial charge >= 0.3 is 0 Å². The lowest BCUT2D eigenvalue weighted by Crippen LogP contribution is -2.48. The van der Waals surface area contributed by atoms with Crippen LogP contribution < -0.4 is 9.80 Å². The molecule has 2 saturated heterocycles. The molecule has 9 heteroatoms. The van der Waals surface area contributed by atoms with Crippen molar-refractivity contribution in [2.45, 2.75) is 52.2 Å². The summed E-state index contributed by atoms with van der Waals surface area (Å²) in [6.45, 7) is 9.39. The van der Waals surface area contributed by atoms with Crippen LogP contribution in [0.15, 0.2) is 24.3 Å². The molecule has 180 valence electrons. The minimum Gasteiger partial charge on any atom is -0.349 e. The molecule has 0 saturated carbocycles. The summed E-state index contributed by atoms with van der Waals surface area (Å²) < 4.78 is 13.6. The van der Waals surface area contributed by atoms with Crippen LogP contribution in [-0.4, -0.2) is 70.3 Å². The molecule has 0 radical (unpaired) electrons. The molecular formula is C25H31FN6O2. The first kappa shape index (κ1) is 22.6. The van der Waals surface area contributed by atoms with E-state index in [0.29, 0.717) is 44.4 Å². The van der Waals surface area contributed by atoms with Gasteiger partial charge in [0.15, 0.2) is 0 Å². The van der Waals surface area contributed by atoms with E-state index in [1.807, 2.05) is 35.8 Å². The molecule has 5 rings (SSSR count). The van der Waals surface area contributed by atoms with Gasteiger partial charge in [-0.3, -0.25) is 9.59 Å². The number of fused-ring (bicyclic) bond motifs is 1. The van der Waals surface area contributed by atoms with Crippen LogP contribution in [0.1, 0.15) is 61.3 Å². The maximum atomic E-state index is 13.6. The van der Waals surface area contributed by atoms with Gasteiger partial charge in [-0.25, -0.2) is 9.37 Å². The zero-order chi connectivity index (χ0) is 24.0. The largest absolute Gasteiger partial charge is 0.349 e. The minimum atomic E-state index is -0.249. The van der Waals surface area contributed by atoms with Crippen molar-refractivity contribution >= 4 is 23.6 Å². The number of halogens is 1. The quantitative estimate of drug-likeness (QED) is 0.690. The standard InChI is InChI=1S/C25H31FN6O2/c1-16(2)32-15-20-22(24(32)34)27-25(30-13-11-29(12-14-30)17(3)33)28-23(20)31-10-4-5-21(31)18-6-8-19(26)9-7-18/h6-9,16,21H,4-5,10-15H2,1-3H3. The van der Waals surface area contributed by atoms with Crippen molar-refractivity contribution in [2.75, 3.05) is 42.5 Å². The normalized spacial score (nSPS) is 20.5. The van der Waals surface area contributed by atoms with E-state index in [-0.39, 0.29) is 29.7 Å². The molecule has 4 heterocycles. The Labute approximate surface area is 199 Å². The van der Waals surface area contributed by atoms with Crippen LogP contribution >= 0.6 is 0 Å². The Morgan fingerprint density at radius 3 is 2.41 bits per heavy atom. The number of carbonyl (C=O) groups excluding carboxylic acids is 2. The zero-order valence-electron chi connectivity index (χ0n) is 20.0. The predicted octanol–water partition coefficient (Wildman–Crippen LogP) is 2.99. The fraction of sp³-hybridized carbons (Fsp3) is 0.520. The van der Waals surface area contributed by atoms with Gasteiger partial charge in [0.1, 0.15) is 17.3 Å². The number of amides is 2. The average Bonchev–Trinajstić information content (AvgIpc) is 3.44. The Balaban J connectivity index is 1.53. The highest BCUT2D eigenvalue weighted by molar-refractivity contribution is 5.98. The van der Waals surface area contributed by atoms with Crippen LogP contribution in [-0.2, 0) is 11.3 Å². The first-order valence-electron chi connectivity index (χ1n) is 12.1. The molecule has 3 aliphatic heterocycles. The molecule has 0 spiro atoms. The van der Waals surface area contributed by atoms with Gasteiger partial charge in [-0.2, -0.15) is 4.98 Å². The van der Waals surface area contributed by atoms with Crippen LogP contribution in [0, 0.1) is 5.82 Å². The number of benzene rings is 1. The summed E-state index contributed by atoms with van der Waals surface area (Å²) >= 11 is 0. The van der Waals surface area contributed by atoms with Gasteiger partial charge in [0.05, 0.1) is 12.6 Å². The van der Waals surface area contributed by atoms with E-state index in [0.717, 1.165) is 36.3 Å². The summed E-state index contributed by atoms with van der Waals surface area (Å²) in [5.41, 5.74) is 2.40. The van der Waals surface area contributed by atoms with Crippen LogP contribution in [0.4, 0.5) is 16.2 Å². The summed E-state index contributed by atoms with van der Waals surface area (Å²) in [6.07, 6.45) is 1.94. The zero-order valence-corrected chi connectivity index (χ0v) is 20.0. The van der Waals surface area contributed by atoms with Gasteiger partial charge in [0.2, 0.25) is 11.9 Å². The first-order chi connectivity index (χ1) is 16.3. The second-order valence-corrected chi connectivity index (χ2v) is 9.60. The summed E-state index contributed by atoms with van der Waals surface area (Å²) in [5.74, 6) is 1.10. The lowest BCUT2D eigenvalue weighted by molar-refractivity contribution is -0.129. The maximum Gasteiger partial charge on any atom is 0.273 e. The van der Waals surface area contributed by atoms with Crippen LogP contribution in [0.5, 0.6) is 0 Å². The third kappa shape index (κ3) is 3.97. The van der Waals surface area contributed by atoms with Crippen molar-refractivity contribution in [3.63, 3.8) is 0 Å². The SMILES string of the molecule is CC(=O)N1CCN(c2nc3c(c(N4CCCC4c4ccc(F)cc4)n2)CN(C(C)C)C3=O)CC1. The summed E-state index contributed by atoms with van der Waals surface area (Å²) in [6, 6.07) is 6.81. The number of anilines is 2. The van der Waals surface area contributed by atoms with Gasteiger partial charge in [-0.15, -0.1) is 0 Å². The molecular weight excluding hydrogens is 435 g/mol. The van der Waals surface area contributed by atoms with E-state index >= 15 is 0 Å². The fourth-order valence-electron chi connectivity index (χ4n) is 5.23. The molecule has 34 heavy (non-hydrogen) atoms. The molecule has 8 nitrogen and oxygen atoms in total. The number of aromatic nitrogens is 2. The molecule has 0 aliphatic carbocycles. The maximum absolute atomic E-state index is 13.6. The monoisotopic (exact) mass is 466 g/mol. The molecule has 0 bridgehead atoms. The van der Waals surface area contributed by atoms with E-state index in [4.69, 9.17) is 9.97 Å².